The second kappa shape index (κ2) is 6.40. The molecule has 0 aliphatic heterocycles. The van der Waals surface area contributed by atoms with Crippen LogP contribution >= 0.6 is 0 Å². The smallest absolute Gasteiger partial charge is 0.335 e. The zero-order chi connectivity index (χ0) is 12.7. The van der Waals surface area contributed by atoms with Crippen molar-refractivity contribution in [3.05, 3.63) is 30.1 Å². The lowest BCUT2D eigenvalue weighted by atomic mass is 10.2. The molecule has 5 nitrogen and oxygen atoms in total. The van der Waals surface area contributed by atoms with E-state index in [-0.39, 0.29) is 12.3 Å². The van der Waals surface area contributed by atoms with Gasteiger partial charge in [0.15, 0.2) is 6.61 Å². The number of pyridine rings is 1. The topological polar surface area (TPSA) is 76.5 Å². The van der Waals surface area contributed by atoms with Gasteiger partial charge >= 0.3 is 5.97 Å². The SMILES string of the molecule is CC(O)C(=O)OCC#CC(=O)c1ccccn1. The molecule has 5 heteroatoms. The molecule has 1 aromatic heterocycles. The number of rotatable bonds is 3. The van der Waals surface area contributed by atoms with Gasteiger partial charge in [-0.1, -0.05) is 12.0 Å². The molecule has 0 amide bonds. The van der Waals surface area contributed by atoms with E-state index >= 15 is 0 Å². The Morgan fingerprint density at radius 3 is 2.88 bits per heavy atom. The Kier molecular flexibility index (Phi) is 4.85. The third-order valence-electron chi connectivity index (χ3n) is 1.73. The Hall–Kier alpha value is -2.19. The van der Waals surface area contributed by atoms with E-state index in [0.717, 1.165) is 0 Å². The molecule has 1 unspecified atom stereocenters. The monoisotopic (exact) mass is 233 g/mol. The van der Waals surface area contributed by atoms with Crippen molar-refractivity contribution in [2.24, 2.45) is 0 Å². The average Bonchev–Trinajstić information content (AvgIpc) is 2.35. The number of hydrogen-bond acceptors (Lipinski definition) is 5. The van der Waals surface area contributed by atoms with Crippen LogP contribution in [0.2, 0.25) is 0 Å². The van der Waals surface area contributed by atoms with E-state index in [9.17, 15) is 9.59 Å². The Bertz CT molecular complexity index is 456. The summed E-state index contributed by atoms with van der Waals surface area (Å²) in [5.41, 5.74) is 0.238. The van der Waals surface area contributed by atoms with Gasteiger partial charge in [-0.3, -0.25) is 9.78 Å². The highest BCUT2D eigenvalue weighted by Crippen LogP contribution is 1.93. The number of ether oxygens (including phenoxy) is 1. The van der Waals surface area contributed by atoms with Crippen LogP contribution in [-0.2, 0) is 9.53 Å². The maximum Gasteiger partial charge on any atom is 0.335 e. The minimum absolute atomic E-state index is 0.234. The summed E-state index contributed by atoms with van der Waals surface area (Å²) in [5, 5.41) is 8.81. The van der Waals surface area contributed by atoms with Gasteiger partial charge in [0.05, 0.1) is 0 Å². The summed E-state index contributed by atoms with van der Waals surface area (Å²) in [4.78, 5) is 26.0. The fourth-order valence-corrected chi connectivity index (χ4v) is 0.905. The quantitative estimate of drug-likeness (QED) is 0.349. The highest BCUT2D eigenvalue weighted by molar-refractivity contribution is 6.07. The van der Waals surface area contributed by atoms with Gasteiger partial charge in [0, 0.05) is 6.20 Å². The fourth-order valence-electron chi connectivity index (χ4n) is 0.905. The molecule has 1 heterocycles. The summed E-state index contributed by atoms with van der Waals surface area (Å²) >= 11 is 0. The van der Waals surface area contributed by atoms with Crippen molar-refractivity contribution in [1.82, 2.24) is 4.98 Å². The molecule has 0 aliphatic rings. The van der Waals surface area contributed by atoms with Gasteiger partial charge in [-0.15, -0.1) is 0 Å². The summed E-state index contributed by atoms with van der Waals surface area (Å²) < 4.78 is 4.55. The minimum Gasteiger partial charge on any atom is -0.451 e. The standard InChI is InChI=1S/C12H11NO4/c1-9(14)12(16)17-8-4-6-11(15)10-5-2-3-7-13-10/h2-3,5,7,9,14H,8H2,1H3. The van der Waals surface area contributed by atoms with Gasteiger partial charge in [0.25, 0.3) is 5.78 Å². The molecular weight excluding hydrogens is 222 g/mol. The van der Waals surface area contributed by atoms with E-state index < -0.39 is 17.9 Å². The summed E-state index contributed by atoms with van der Waals surface area (Å²) in [7, 11) is 0. The van der Waals surface area contributed by atoms with E-state index in [1.54, 1.807) is 18.2 Å². The van der Waals surface area contributed by atoms with Crippen molar-refractivity contribution >= 4 is 11.8 Å². The fraction of sp³-hybridized carbons (Fsp3) is 0.250. The van der Waals surface area contributed by atoms with Gasteiger partial charge in [-0.05, 0) is 25.0 Å². The molecule has 1 rings (SSSR count). The summed E-state index contributed by atoms with van der Waals surface area (Å²) in [5.74, 6) is 3.44. The summed E-state index contributed by atoms with van der Waals surface area (Å²) in [6.45, 7) is 1.05. The van der Waals surface area contributed by atoms with E-state index in [1.807, 2.05) is 0 Å². The lowest BCUT2D eigenvalue weighted by Crippen LogP contribution is -2.19. The summed E-state index contributed by atoms with van der Waals surface area (Å²) in [6, 6.07) is 4.91. The first-order chi connectivity index (χ1) is 8.11. The van der Waals surface area contributed by atoms with Crippen molar-refractivity contribution in [3.63, 3.8) is 0 Å². The van der Waals surface area contributed by atoms with Gasteiger partial charge < -0.3 is 9.84 Å². The molecule has 1 N–H and O–H groups in total. The molecule has 0 fully saturated rings. The summed E-state index contributed by atoms with van der Waals surface area (Å²) in [6.07, 6.45) is 0.297. The predicted octanol–water partition coefficient (Wildman–Crippen LogP) is 0.192. The van der Waals surface area contributed by atoms with E-state index in [1.165, 1.54) is 13.1 Å². The number of nitrogens with zero attached hydrogens (tertiary/aromatic N) is 1. The number of aromatic nitrogens is 1. The van der Waals surface area contributed by atoms with Crippen LogP contribution in [0.15, 0.2) is 24.4 Å². The second-order valence-electron chi connectivity index (χ2n) is 3.13. The number of carbonyl (C=O) groups excluding carboxylic acids is 2. The normalized spacial score (nSPS) is 10.9. The minimum atomic E-state index is -1.19. The lowest BCUT2D eigenvalue weighted by Gasteiger charge is -2.01. The highest BCUT2D eigenvalue weighted by Gasteiger charge is 2.08. The second-order valence-corrected chi connectivity index (χ2v) is 3.13. The number of aliphatic hydroxyl groups is 1. The first kappa shape index (κ1) is 12.9. The molecule has 0 radical (unpaired) electrons. The molecule has 17 heavy (non-hydrogen) atoms. The van der Waals surface area contributed by atoms with Crippen molar-refractivity contribution in [1.29, 1.82) is 0 Å². The van der Waals surface area contributed by atoms with E-state index in [2.05, 4.69) is 21.6 Å². The molecule has 0 saturated carbocycles. The van der Waals surface area contributed by atoms with Crippen LogP contribution in [0.3, 0.4) is 0 Å². The molecule has 1 atom stereocenters. The zero-order valence-electron chi connectivity index (χ0n) is 9.21. The predicted molar refractivity (Wildman–Crippen MR) is 59.0 cm³/mol. The Morgan fingerprint density at radius 1 is 1.53 bits per heavy atom. The molecule has 0 aliphatic carbocycles. The molecule has 0 saturated heterocycles. The molecular formula is C12H11NO4. The Balaban J connectivity index is 2.46. The Labute approximate surface area is 98.4 Å². The average molecular weight is 233 g/mol. The van der Waals surface area contributed by atoms with Gasteiger partial charge in [0.2, 0.25) is 0 Å². The van der Waals surface area contributed by atoms with Gasteiger partial charge in [-0.25, -0.2) is 4.79 Å². The van der Waals surface area contributed by atoms with Crippen LogP contribution < -0.4 is 0 Å². The zero-order valence-corrected chi connectivity index (χ0v) is 9.21. The molecule has 1 aromatic rings. The van der Waals surface area contributed by atoms with Crippen LogP contribution in [-0.4, -0.2) is 34.6 Å². The number of carbonyl (C=O) groups is 2. The van der Waals surface area contributed by atoms with Crippen LogP contribution in [0.25, 0.3) is 0 Å². The van der Waals surface area contributed by atoms with E-state index in [0.29, 0.717) is 0 Å². The van der Waals surface area contributed by atoms with Crippen LogP contribution in [0.4, 0.5) is 0 Å². The maximum absolute atomic E-state index is 11.4. The van der Waals surface area contributed by atoms with Crippen molar-refractivity contribution in [3.8, 4) is 11.8 Å². The van der Waals surface area contributed by atoms with Crippen molar-refractivity contribution in [2.45, 2.75) is 13.0 Å². The highest BCUT2D eigenvalue weighted by atomic mass is 16.5. The number of Topliss-reactive ketones (excluding diaryl/α,β-unsaturated/α-hetero) is 1. The molecule has 0 spiro atoms. The maximum atomic E-state index is 11.4. The molecule has 0 aromatic carbocycles. The number of esters is 1. The third-order valence-corrected chi connectivity index (χ3v) is 1.73. The number of hydrogen-bond donors (Lipinski definition) is 1. The first-order valence-corrected chi connectivity index (χ1v) is 4.90. The largest absolute Gasteiger partial charge is 0.451 e. The number of ketones is 1. The molecule has 0 bridgehead atoms. The number of aliphatic hydroxyl groups excluding tert-OH is 1. The molecule has 88 valence electrons. The first-order valence-electron chi connectivity index (χ1n) is 4.90. The van der Waals surface area contributed by atoms with Crippen LogP contribution in [0.1, 0.15) is 17.4 Å². The van der Waals surface area contributed by atoms with Crippen molar-refractivity contribution < 1.29 is 19.4 Å². The van der Waals surface area contributed by atoms with Gasteiger partial charge in [0.1, 0.15) is 11.8 Å². The Morgan fingerprint density at radius 2 is 2.29 bits per heavy atom. The lowest BCUT2D eigenvalue weighted by molar-refractivity contribution is -0.150. The van der Waals surface area contributed by atoms with Gasteiger partial charge in [-0.2, -0.15) is 0 Å². The van der Waals surface area contributed by atoms with E-state index in [4.69, 9.17) is 5.11 Å². The third kappa shape index (κ3) is 4.45. The van der Waals surface area contributed by atoms with Crippen LogP contribution in [0.5, 0.6) is 0 Å². The van der Waals surface area contributed by atoms with Crippen molar-refractivity contribution in [2.75, 3.05) is 6.61 Å². The van der Waals surface area contributed by atoms with Crippen LogP contribution in [0, 0.1) is 11.8 Å².